The molecule has 0 aromatic heterocycles. The molecule has 0 aliphatic rings. The van der Waals surface area contributed by atoms with Crippen molar-refractivity contribution in [2.75, 3.05) is 6.54 Å². The smallest absolute Gasteiger partial charge is 0.251 e. The Balaban J connectivity index is 2.09. The molecule has 0 heterocycles. The molecule has 2 aromatic carbocycles. The van der Waals surface area contributed by atoms with E-state index >= 15 is 0 Å². The molecule has 0 saturated carbocycles. The van der Waals surface area contributed by atoms with Crippen LogP contribution in [0.1, 0.15) is 35.8 Å². The third kappa shape index (κ3) is 4.39. The minimum Gasteiger partial charge on any atom is -0.346 e. The summed E-state index contributed by atoms with van der Waals surface area (Å²) in [6.07, 6.45) is 0. The van der Waals surface area contributed by atoms with Crippen LogP contribution in [0, 0.1) is 5.82 Å². The lowest BCUT2D eigenvalue weighted by Crippen LogP contribution is -2.27. The number of amides is 1. The van der Waals surface area contributed by atoms with E-state index < -0.39 is 10.0 Å². The quantitative estimate of drug-likeness (QED) is 0.841. The van der Waals surface area contributed by atoms with Crippen LogP contribution in [-0.2, 0) is 10.0 Å². The lowest BCUT2D eigenvalue weighted by atomic mass is 10.1. The fourth-order valence-corrected chi connectivity index (χ4v) is 3.21. The van der Waals surface area contributed by atoms with Crippen LogP contribution in [0.15, 0.2) is 53.4 Å². The molecule has 2 rings (SSSR count). The van der Waals surface area contributed by atoms with Crippen molar-refractivity contribution in [3.8, 4) is 0 Å². The molecule has 0 fully saturated rings. The molecule has 5 nitrogen and oxygen atoms in total. The molecule has 128 valence electrons. The van der Waals surface area contributed by atoms with E-state index in [1.54, 1.807) is 26.0 Å². The minimum atomic E-state index is -3.54. The van der Waals surface area contributed by atoms with Crippen molar-refractivity contribution < 1.29 is 17.6 Å². The second-order valence-corrected chi connectivity index (χ2v) is 7.04. The number of benzene rings is 2. The summed E-state index contributed by atoms with van der Waals surface area (Å²) in [6.45, 7) is 3.77. The standard InChI is InChI=1S/C17H19FN2O3S/c1-3-19-24(22,23)16-10-6-14(7-11-16)17(21)20-12(2)13-4-8-15(18)9-5-13/h4-12,19H,3H2,1-2H3,(H,20,21)/t12-/m1/s1. The van der Waals surface area contributed by atoms with Crippen LogP contribution in [0.4, 0.5) is 4.39 Å². The summed E-state index contributed by atoms with van der Waals surface area (Å²) in [5.41, 5.74) is 1.12. The van der Waals surface area contributed by atoms with Crippen molar-refractivity contribution >= 4 is 15.9 Å². The number of hydrogen-bond acceptors (Lipinski definition) is 3. The van der Waals surface area contributed by atoms with E-state index in [9.17, 15) is 17.6 Å². The van der Waals surface area contributed by atoms with Gasteiger partial charge in [0.1, 0.15) is 5.82 Å². The highest BCUT2D eigenvalue weighted by molar-refractivity contribution is 7.89. The Hall–Kier alpha value is -2.25. The molecule has 0 radical (unpaired) electrons. The summed E-state index contributed by atoms with van der Waals surface area (Å²) in [4.78, 5) is 12.3. The number of carbonyl (C=O) groups is 1. The van der Waals surface area contributed by atoms with Gasteiger partial charge in [0.05, 0.1) is 10.9 Å². The lowest BCUT2D eigenvalue weighted by molar-refractivity contribution is 0.0940. The fraction of sp³-hybridized carbons (Fsp3) is 0.235. The SMILES string of the molecule is CCNS(=O)(=O)c1ccc(C(=O)N[C@H](C)c2ccc(F)cc2)cc1. The third-order valence-electron chi connectivity index (χ3n) is 3.48. The summed E-state index contributed by atoms with van der Waals surface area (Å²) in [5, 5.41) is 2.79. The maximum atomic E-state index is 12.9. The van der Waals surface area contributed by atoms with E-state index in [-0.39, 0.29) is 22.7 Å². The fourth-order valence-electron chi connectivity index (χ4n) is 2.17. The first-order chi connectivity index (χ1) is 11.3. The predicted molar refractivity (Wildman–Crippen MR) is 89.6 cm³/mol. The van der Waals surface area contributed by atoms with Crippen LogP contribution in [-0.4, -0.2) is 20.9 Å². The lowest BCUT2D eigenvalue weighted by Gasteiger charge is -2.14. The zero-order chi connectivity index (χ0) is 17.7. The summed E-state index contributed by atoms with van der Waals surface area (Å²) >= 11 is 0. The molecule has 2 aromatic rings. The van der Waals surface area contributed by atoms with Gasteiger partial charge in [-0.05, 0) is 48.9 Å². The van der Waals surface area contributed by atoms with Gasteiger partial charge in [-0.15, -0.1) is 0 Å². The van der Waals surface area contributed by atoms with Gasteiger partial charge in [0.15, 0.2) is 0 Å². The van der Waals surface area contributed by atoms with Gasteiger partial charge in [0.25, 0.3) is 5.91 Å². The van der Waals surface area contributed by atoms with Gasteiger partial charge >= 0.3 is 0 Å². The molecule has 1 atom stereocenters. The molecule has 1 amide bonds. The van der Waals surface area contributed by atoms with Gasteiger partial charge in [-0.3, -0.25) is 4.79 Å². The van der Waals surface area contributed by atoms with Gasteiger partial charge in [-0.1, -0.05) is 19.1 Å². The van der Waals surface area contributed by atoms with Crippen molar-refractivity contribution in [1.29, 1.82) is 0 Å². The van der Waals surface area contributed by atoms with E-state index in [0.717, 1.165) is 5.56 Å². The Morgan fingerprint density at radius 2 is 1.67 bits per heavy atom. The van der Waals surface area contributed by atoms with E-state index in [1.807, 2.05) is 0 Å². The zero-order valence-electron chi connectivity index (χ0n) is 13.4. The number of sulfonamides is 1. The van der Waals surface area contributed by atoms with Gasteiger partial charge in [0, 0.05) is 12.1 Å². The second-order valence-electron chi connectivity index (χ2n) is 5.27. The molecule has 0 saturated heterocycles. The van der Waals surface area contributed by atoms with Crippen LogP contribution in [0.25, 0.3) is 0 Å². The molecule has 0 bridgehead atoms. The average Bonchev–Trinajstić information content (AvgIpc) is 2.55. The van der Waals surface area contributed by atoms with Crippen molar-refractivity contribution in [3.63, 3.8) is 0 Å². The topological polar surface area (TPSA) is 75.3 Å². The second kappa shape index (κ2) is 7.55. The minimum absolute atomic E-state index is 0.104. The summed E-state index contributed by atoms with van der Waals surface area (Å²) in [7, 11) is -3.54. The highest BCUT2D eigenvalue weighted by Crippen LogP contribution is 2.15. The monoisotopic (exact) mass is 350 g/mol. The van der Waals surface area contributed by atoms with Crippen LogP contribution in [0.3, 0.4) is 0 Å². The third-order valence-corrected chi connectivity index (χ3v) is 5.04. The Labute approximate surface area is 141 Å². The van der Waals surface area contributed by atoms with Crippen molar-refractivity contribution in [2.45, 2.75) is 24.8 Å². The molecule has 7 heteroatoms. The highest BCUT2D eigenvalue weighted by atomic mass is 32.2. The predicted octanol–water partition coefficient (Wildman–Crippen LogP) is 2.61. The number of nitrogens with one attached hydrogen (secondary N) is 2. The van der Waals surface area contributed by atoms with Gasteiger partial charge in [0.2, 0.25) is 10.0 Å². The van der Waals surface area contributed by atoms with Crippen LogP contribution in [0.5, 0.6) is 0 Å². The first-order valence-corrected chi connectivity index (χ1v) is 8.98. The number of carbonyl (C=O) groups excluding carboxylic acids is 1. The maximum absolute atomic E-state index is 12.9. The normalized spacial score (nSPS) is 12.6. The van der Waals surface area contributed by atoms with Crippen LogP contribution < -0.4 is 10.0 Å². The van der Waals surface area contributed by atoms with Crippen molar-refractivity contribution in [1.82, 2.24) is 10.0 Å². The average molecular weight is 350 g/mol. The summed E-state index contributed by atoms with van der Waals surface area (Å²) < 4.78 is 39.0. The molecule has 0 unspecified atom stereocenters. The molecule has 0 aliphatic heterocycles. The number of rotatable bonds is 6. The van der Waals surface area contributed by atoms with Crippen molar-refractivity contribution in [2.24, 2.45) is 0 Å². The van der Waals surface area contributed by atoms with Gasteiger partial charge < -0.3 is 5.32 Å². The number of hydrogen-bond donors (Lipinski definition) is 2. The number of halogens is 1. The Morgan fingerprint density at radius 1 is 1.08 bits per heavy atom. The maximum Gasteiger partial charge on any atom is 0.251 e. The summed E-state index contributed by atoms with van der Waals surface area (Å²) in [5.74, 6) is -0.672. The first kappa shape index (κ1) is 18.1. The van der Waals surface area contributed by atoms with Gasteiger partial charge in [-0.2, -0.15) is 0 Å². The van der Waals surface area contributed by atoms with Crippen molar-refractivity contribution in [3.05, 3.63) is 65.5 Å². The zero-order valence-corrected chi connectivity index (χ0v) is 14.2. The Kier molecular flexibility index (Phi) is 5.69. The van der Waals surface area contributed by atoms with Crippen LogP contribution in [0.2, 0.25) is 0 Å². The first-order valence-electron chi connectivity index (χ1n) is 7.49. The molecule has 2 N–H and O–H groups in total. The molecule has 24 heavy (non-hydrogen) atoms. The highest BCUT2D eigenvalue weighted by Gasteiger charge is 2.15. The Bertz CT molecular complexity index is 803. The molecule has 0 spiro atoms. The molecular weight excluding hydrogens is 331 g/mol. The summed E-state index contributed by atoms with van der Waals surface area (Å²) in [6, 6.07) is 11.2. The van der Waals surface area contributed by atoms with E-state index in [0.29, 0.717) is 12.1 Å². The van der Waals surface area contributed by atoms with Crippen LogP contribution >= 0.6 is 0 Å². The molecule has 0 aliphatic carbocycles. The van der Waals surface area contributed by atoms with E-state index in [1.165, 1.54) is 36.4 Å². The van der Waals surface area contributed by atoms with Gasteiger partial charge in [-0.25, -0.2) is 17.5 Å². The van der Waals surface area contributed by atoms with E-state index in [4.69, 9.17) is 0 Å². The largest absolute Gasteiger partial charge is 0.346 e. The Morgan fingerprint density at radius 3 is 2.21 bits per heavy atom. The molecular formula is C17H19FN2O3S. The van der Waals surface area contributed by atoms with E-state index in [2.05, 4.69) is 10.0 Å².